The van der Waals surface area contributed by atoms with Gasteiger partial charge in [0.05, 0.1) is 19.0 Å². The predicted octanol–water partition coefficient (Wildman–Crippen LogP) is 2.01. The molecule has 0 aliphatic heterocycles. The molecule has 49 heavy (non-hydrogen) atoms. The van der Waals surface area contributed by atoms with Gasteiger partial charge >= 0.3 is 12.0 Å². The second-order valence-corrected chi connectivity index (χ2v) is 12.1. The molecule has 1 atom stereocenters. The lowest BCUT2D eigenvalue weighted by Gasteiger charge is -2.18. The zero-order valence-corrected chi connectivity index (χ0v) is 31.1. The number of ether oxygens (including phenoxy) is 1. The van der Waals surface area contributed by atoms with Crippen LogP contribution in [0.3, 0.4) is 0 Å². The van der Waals surface area contributed by atoms with Gasteiger partial charge in [-0.2, -0.15) is 0 Å². The minimum absolute atomic E-state index is 0.0485. The second kappa shape index (κ2) is 27.7. The van der Waals surface area contributed by atoms with Crippen LogP contribution in [0, 0.1) is 11.8 Å². The summed E-state index contributed by atoms with van der Waals surface area (Å²) in [5.74, 6) is -1.15. The molecule has 0 aliphatic carbocycles. The fourth-order valence-electron chi connectivity index (χ4n) is 3.27. The number of amides is 6. The quantitative estimate of drug-likeness (QED) is 0.0831. The summed E-state index contributed by atoms with van der Waals surface area (Å²) < 4.78 is 5.24. The molecule has 6 amide bonds. The molecule has 0 bridgehead atoms. The lowest BCUT2D eigenvalue weighted by molar-refractivity contribution is -0.148. The lowest BCUT2D eigenvalue weighted by Crippen LogP contribution is -2.42. The second-order valence-electron chi connectivity index (χ2n) is 12.1. The summed E-state index contributed by atoms with van der Waals surface area (Å²) in [6, 6.07) is 4.93. The normalized spacial score (nSPS) is 10.9. The summed E-state index contributed by atoms with van der Waals surface area (Å²) in [6.07, 6.45) is 0.933. The molecular formula is C34H62N8O7. The Balaban J connectivity index is 0. The summed E-state index contributed by atoms with van der Waals surface area (Å²) in [4.78, 5) is 68.4. The number of hydrogen-bond acceptors (Lipinski definition) is 9. The molecule has 0 fully saturated rings. The third-order valence-electron chi connectivity index (χ3n) is 6.42. The average molecular weight is 695 g/mol. The summed E-state index contributed by atoms with van der Waals surface area (Å²) in [5, 5.41) is 19.4. The van der Waals surface area contributed by atoms with Crippen LogP contribution in [0.15, 0.2) is 18.2 Å². The molecule has 1 unspecified atom stereocenters. The largest absolute Gasteiger partial charge is 0.461 e. The minimum atomic E-state index is -0.443. The first kappa shape index (κ1) is 46.9. The van der Waals surface area contributed by atoms with E-state index in [-0.39, 0.29) is 48.8 Å². The van der Waals surface area contributed by atoms with E-state index in [1.54, 1.807) is 26.0 Å². The summed E-state index contributed by atoms with van der Waals surface area (Å²) in [5.41, 5.74) is 5.96. The van der Waals surface area contributed by atoms with Crippen LogP contribution < -0.4 is 43.0 Å². The third kappa shape index (κ3) is 26.4. The van der Waals surface area contributed by atoms with Crippen LogP contribution in [0.2, 0.25) is 0 Å². The van der Waals surface area contributed by atoms with E-state index < -0.39 is 11.9 Å². The number of carbonyl (C=O) groups is 6. The van der Waals surface area contributed by atoms with Gasteiger partial charge in [0.25, 0.3) is 5.91 Å². The number of rotatable bonds is 18. The fraction of sp³-hybridized carbons (Fsp3) is 0.647. The lowest BCUT2D eigenvalue weighted by atomic mass is 10.1. The smallest absolute Gasteiger partial charge is 0.312 e. The number of esters is 1. The maximum atomic E-state index is 12.6. The van der Waals surface area contributed by atoms with Crippen molar-refractivity contribution in [2.24, 2.45) is 17.6 Å². The van der Waals surface area contributed by atoms with E-state index >= 15 is 0 Å². The SMILES string of the molecule is CC(C)NCC(=O)NC(C)C(C)C.CCCNC(N)=O.CCNCCNC(=O)c1cc(NC(=O)CNC(C)=O)ccc1COC(=O)C(C)C. The van der Waals surface area contributed by atoms with E-state index in [4.69, 9.17) is 10.5 Å². The molecule has 0 spiro atoms. The van der Waals surface area contributed by atoms with Crippen LogP contribution in [0.5, 0.6) is 0 Å². The molecule has 1 rings (SSSR count). The molecule has 15 heteroatoms. The van der Waals surface area contributed by atoms with Gasteiger partial charge in [0.1, 0.15) is 6.61 Å². The number of nitrogens with two attached hydrogens (primary N) is 1. The highest BCUT2D eigenvalue weighted by Crippen LogP contribution is 2.18. The van der Waals surface area contributed by atoms with E-state index in [9.17, 15) is 28.8 Å². The molecule has 15 nitrogen and oxygen atoms in total. The Bertz CT molecular complexity index is 1160. The monoisotopic (exact) mass is 694 g/mol. The Morgan fingerprint density at radius 2 is 1.47 bits per heavy atom. The molecule has 0 aliphatic rings. The molecule has 1 aromatic carbocycles. The van der Waals surface area contributed by atoms with Crippen LogP contribution in [-0.4, -0.2) is 87.0 Å². The first-order valence-electron chi connectivity index (χ1n) is 16.8. The number of carbonyl (C=O) groups excluding carboxylic acids is 6. The standard InChI is InChI=1S/C20H30N4O5.C10H22N2O.C4H10N2O/c1-5-21-8-9-22-19(27)17-10-16(24-18(26)11-23-14(4)25)7-6-15(17)12-29-20(28)13(2)3;1-7(2)9(5)12-10(13)6-11-8(3)4;1-2-3-6-4(5)7/h6-7,10,13,21H,5,8-9,11-12H2,1-4H3,(H,22,27)(H,23,25)(H,24,26);7-9,11H,6H2,1-5H3,(H,12,13);2-3H2,1H3,(H3,5,6,7). The molecule has 0 aromatic heterocycles. The maximum Gasteiger partial charge on any atom is 0.312 e. The number of urea groups is 1. The first-order chi connectivity index (χ1) is 22.9. The third-order valence-corrected chi connectivity index (χ3v) is 6.42. The van der Waals surface area contributed by atoms with Gasteiger partial charge in [0.15, 0.2) is 0 Å². The number of hydrogen-bond donors (Lipinski definition) is 8. The van der Waals surface area contributed by atoms with E-state index in [2.05, 4.69) is 51.1 Å². The van der Waals surface area contributed by atoms with Crippen LogP contribution in [0.25, 0.3) is 0 Å². The highest BCUT2D eigenvalue weighted by molar-refractivity contribution is 5.99. The predicted molar refractivity (Wildman–Crippen MR) is 193 cm³/mol. The van der Waals surface area contributed by atoms with Crippen LogP contribution in [0.1, 0.15) is 91.6 Å². The molecular weight excluding hydrogens is 632 g/mol. The zero-order chi connectivity index (χ0) is 37.9. The molecule has 0 saturated carbocycles. The Labute approximate surface area is 292 Å². The van der Waals surface area contributed by atoms with Crippen molar-refractivity contribution in [2.45, 2.75) is 94.3 Å². The van der Waals surface area contributed by atoms with Crippen molar-refractivity contribution in [2.75, 3.05) is 44.6 Å². The fourth-order valence-corrected chi connectivity index (χ4v) is 3.27. The maximum absolute atomic E-state index is 12.6. The Kier molecular flexibility index (Phi) is 26.5. The zero-order valence-electron chi connectivity index (χ0n) is 31.1. The molecule has 0 radical (unpaired) electrons. The van der Waals surface area contributed by atoms with Gasteiger partial charge < -0.3 is 47.7 Å². The van der Waals surface area contributed by atoms with Crippen molar-refractivity contribution in [1.29, 1.82) is 0 Å². The van der Waals surface area contributed by atoms with Crippen LogP contribution in [-0.2, 0) is 30.5 Å². The van der Waals surface area contributed by atoms with Gasteiger partial charge in [0.2, 0.25) is 17.7 Å². The van der Waals surface area contributed by atoms with Crippen molar-refractivity contribution in [3.63, 3.8) is 0 Å². The number of nitrogens with one attached hydrogen (secondary N) is 7. The van der Waals surface area contributed by atoms with Crippen molar-refractivity contribution in [3.05, 3.63) is 29.3 Å². The van der Waals surface area contributed by atoms with E-state index in [0.717, 1.165) is 13.0 Å². The number of anilines is 1. The van der Waals surface area contributed by atoms with Crippen LogP contribution in [0.4, 0.5) is 10.5 Å². The van der Waals surface area contributed by atoms with E-state index in [0.29, 0.717) is 55.0 Å². The topological polar surface area (TPSA) is 222 Å². The van der Waals surface area contributed by atoms with Crippen molar-refractivity contribution >= 4 is 41.3 Å². The highest BCUT2D eigenvalue weighted by Gasteiger charge is 2.16. The molecule has 1 aromatic rings. The summed E-state index contributed by atoms with van der Waals surface area (Å²) >= 11 is 0. The van der Waals surface area contributed by atoms with E-state index in [1.807, 2.05) is 34.6 Å². The number of benzene rings is 1. The van der Waals surface area contributed by atoms with Gasteiger partial charge in [-0.1, -0.05) is 61.5 Å². The van der Waals surface area contributed by atoms with Gasteiger partial charge in [-0.25, -0.2) is 4.79 Å². The van der Waals surface area contributed by atoms with Crippen LogP contribution >= 0.6 is 0 Å². The van der Waals surface area contributed by atoms with Crippen molar-refractivity contribution in [3.8, 4) is 0 Å². The molecule has 280 valence electrons. The summed E-state index contributed by atoms with van der Waals surface area (Å²) in [7, 11) is 0. The minimum Gasteiger partial charge on any atom is -0.461 e. The van der Waals surface area contributed by atoms with Gasteiger partial charge in [-0.05, 0) is 37.9 Å². The Morgan fingerprint density at radius 1 is 0.816 bits per heavy atom. The number of likely N-dealkylation sites (N-methyl/N-ethyl adjacent to an activating group) is 1. The van der Waals surface area contributed by atoms with E-state index in [1.165, 1.54) is 13.0 Å². The Hall–Kier alpha value is -4.24. The number of primary amides is 1. The first-order valence-corrected chi connectivity index (χ1v) is 16.8. The van der Waals surface area contributed by atoms with Crippen molar-refractivity contribution < 1.29 is 33.5 Å². The van der Waals surface area contributed by atoms with Crippen molar-refractivity contribution in [1.82, 2.24) is 31.9 Å². The average Bonchev–Trinajstić information content (AvgIpc) is 3.03. The van der Waals surface area contributed by atoms with Gasteiger partial charge in [-0.3, -0.25) is 24.0 Å². The molecule has 0 heterocycles. The van der Waals surface area contributed by atoms with Gasteiger partial charge in [0, 0.05) is 55.5 Å². The van der Waals surface area contributed by atoms with Gasteiger partial charge in [-0.15, -0.1) is 0 Å². The Morgan fingerprint density at radius 3 is 1.96 bits per heavy atom. The summed E-state index contributed by atoms with van der Waals surface area (Å²) in [6.45, 7) is 21.7. The molecule has 9 N–H and O–H groups in total. The highest BCUT2D eigenvalue weighted by atomic mass is 16.5. The molecule has 0 saturated heterocycles.